The van der Waals surface area contributed by atoms with Crippen molar-refractivity contribution in [3.05, 3.63) is 23.8 Å². The minimum Gasteiger partial charge on any atom is -0.744 e. The summed E-state index contributed by atoms with van der Waals surface area (Å²) >= 11 is 0. The number of hydrogen-bond donors (Lipinski definition) is 1. The number of halogens is 3. The van der Waals surface area contributed by atoms with Crippen molar-refractivity contribution in [2.45, 2.75) is 11.1 Å². The molecule has 0 aromatic heterocycles. The van der Waals surface area contributed by atoms with Gasteiger partial charge in [-0.15, -0.1) is 0 Å². The second-order valence-corrected chi connectivity index (χ2v) is 4.06. The Kier molecular flexibility index (Phi) is 4.84. The molecule has 16 heavy (non-hydrogen) atoms. The smallest absolute Gasteiger partial charge is 0.744 e. The Hall–Kier alpha value is -0.280. The van der Waals surface area contributed by atoms with Gasteiger partial charge in [0.2, 0.25) is 0 Å². The van der Waals surface area contributed by atoms with Gasteiger partial charge in [-0.1, -0.05) is 0 Å². The van der Waals surface area contributed by atoms with Crippen molar-refractivity contribution in [3.8, 4) is 0 Å². The summed E-state index contributed by atoms with van der Waals surface area (Å²) in [5, 5.41) is 0. The zero-order chi connectivity index (χ0) is 11.9. The van der Waals surface area contributed by atoms with Crippen LogP contribution in [0.15, 0.2) is 23.1 Å². The third kappa shape index (κ3) is 3.63. The molecule has 0 amide bonds. The van der Waals surface area contributed by atoms with E-state index in [-0.39, 0.29) is 35.2 Å². The average molecular weight is 263 g/mol. The molecule has 2 N–H and O–H groups in total. The van der Waals surface area contributed by atoms with E-state index in [1.165, 1.54) is 0 Å². The summed E-state index contributed by atoms with van der Waals surface area (Å²) in [4.78, 5) is -1.32. The quantitative estimate of drug-likeness (QED) is 0.368. The number of anilines is 1. The summed E-state index contributed by atoms with van der Waals surface area (Å²) in [7, 11) is -5.16. The standard InChI is InChI=1S/C7H6F3NO3S.Na/c8-7(9,10)5-3-4(11)1-2-6(5)15(12,13)14;/h1-3H,11H2,(H,12,13,14);/q;+1/p-1. The fourth-order valence-corrected chi connectivity index (χ4v) is 1.67. The molecule has 4 nitrogen and oxygen atoms in total. The van der Waals surface area contributed by atoms with Gasteiger partial charge in [-0.3, -0.25) is 0 Å². The van der Waals surface area contributed by atoms with Gasteiger partial charge < -0.3 is 10.3 Å². The van der Waals surface area contributed by atoms with Crippen molar-refractivity contribution in [1.82, 2.24) is 0 Å². The fraction of sp³-hybridized carbons (Fsp3) is 0.143. The molecule has 0 radical (unpaired) electrons. The van der Waals surface area contributed by atoms with Crippen LogP contribution in [0, 0.1) is 0 Å². The Labute approximate surface area is 112 Å². The van der Waals surface area contributed by atoms with E-state index in [9.17, 15) is 26.1 Å². The van der Waals surface area contributed by atoms with E-state index in [0.29, 0.717) is 12.1 Å². The SMILES string of the molecule is Nc1ccc(S(=O)(=O)[O-])c(C(F)(F)F)c1.[Na+]. The maximum absolute atomic E-state index is 12.3. The Morgan fingerprint density at radius 3 is 2.12 bits per heavy atom. The summed E-state index contributed by atoms with van der Waals surface area (Å²) in [6, 6.07) is 1.87. The molecule has 0 unspecified atom stereocenters. The van der Waals surface area contributed by atoms with Crippen molar-refractivity contribution >= 4 is 15.8 Å². The van der Waals surface area contributed by atoms with Crippen LogP contribution in [0.5, 0.6) is 0 Å². The molecule has 0 fully saturated rings. The molecule has 0 heterocycles. The largest absolute Gasteiger partial charge is 1.00 e. The molecule has 9 heteroatoms. The normalized spacial score (nSPS) is 12.0. The molecule has 0 aliphatic rings. The third-order valence-electron chi connectivity index (χ3n) is 1.58. The van der Waals surface area contributed by atoms with Crippen molar-refractivity contribution in [2.24, 2.45) is 0 Å². The van der Waals surface area contributed by atoms with E-state index in [1.54, 1.807) is 0 Å². The Balaban J connectivity index is 0.00000225. The molecule has 1 rings (SSSR count). The topological polar surface area (TPSA) is 83.2 Å². The zero-order valence-corrected chi connectivity index (χ0v) is 10.9. The molecule has 0 aliphatic heterocycles. The first kappa shape index (κ1) is 15.7. The first-order valence-electron chi connectivity index (χ1n) is 3.55. The van der Waals surface area contributed by atoms with Gasteiger partial charge in [-0.2, -0.15) is 13.2 Å². The molecular formula is C7H5F3NNaO3S. The Morgan fingerprint density at radius 1 is 1.25 bits per heavy atom. The molecule has 1 aromatic rings. The van der Waals surface area contributed by atoms with Gasteiger partial charge in [0, 0.05) is 5.69 Å². The first-order valence-corrected chi connectivity index (χ1v) is 4.96. The first-order chi connectivity index (χ1) is 6.62. The van der Waals surface area contributed by atoms with Crippen LogP contribution in [0.25, 0.3) is 0 Å². The van der Waals surface area contributed by atoms with Crippen molar-refractivity contribution in [1.29, 1.82) is 0 Å². The zero-order valence-electron chi connectivity index (χ0n) is 8.08. The monoisotopic (exact) mass is 263 g/mol. The summed E-state index contributed by atoms with van der Waals surface area (Å²) in [6.07, 6.45) is -4.93. The van der Waals surface area contributed by atoms with Crippen molar-refractivity contribution in [3.63, 3.8) is 0 Å². The maximum Gasteiger partial charge on any atom is 1.00 e. The number of nitrogen functional groups attached to an aromatic ring is 1. The van der Waals surface area contributed by atoms with Crippen molar-refractivity contribution in [2.75, 3.05) is 5.73 Å². The predicted molar refractivity (Wildman–Crippen MR) is 43.8 cm³/mol. The summed E-state index contributed by atoms with van der Waals surface area (Å²) in [6.45, 7) is 0. The number of benzene rings is 1. The third-order valence-corrected chi connectivity index (χ3v) is 2.47. The molecule has 0 saturated heterocycles. The average Bonchev–Trinajstić information content (AvgIpc) is 2.00. The van der Waals surface area contributed by atoms with Crippen LogP contribution < -0.4 is 35.3 Å². The Morgan fingerprint density at radius 2 is 1.75 bits per heavy atom. The Bertz CT molecular complexity index is 486. The van der Waals surface area contributed by atoms with Crippen LogP contribution >= 0.6 is 0 Å². The number of alkyl halides is 3. The molecule has 1 aromatic carbocycles. The van der Waals surface area contributed by atoms with Gasteiger partial charge in [0.05, 0.1) is 10.5 Å². The van der Waals surface area contributed by atoms with Crippen LogP contribution in [-0.2, 0) is 16.3 Å². The van der Waals surface area contributed by atoms with Gasteiger partial charge in [0.1, 0.15) is 10.1 Å². The molecule has 0 atom stereocenters. The van der Waals surface area contributed by atoms with Gasteiger partial charge in [-0.25, -0.2) is 8.42 Å². The second kappa shape index (κ2) is 4.92. The van der Waals surface area contributed by atoms with Crippen molar-refractivity contribution < 1.29 is 55.7 Å². The molecule has 84 valence electrons. The van der Waals surface area contributed by atoms with E-state index in [2.05, 4.69) is 0 Å². The van der Waals surface area contributed by atoms with Gasteiger partial charge in [-0.05, 0) is 18.2 Å². The maximum atomic E-state index is 12.3. The second-order valence-electron chi connectivity index (χ2n) is 2.71. The van der Waals surface area contributed by atoms with Crippen LogP contribution in [0.1, 0.15) is 5.56 Å². The molecule has 0 spiro atoms. The minimum absolute atomic E-state index is 0. The fourth-order valence-electron chi connectivity index (χ4n) is 0.987. The van der Waals surface area contributed by atoms with Crippen LogP contribution in [0.2, 0.25) is 0 Å². The van der Waals surface area contributed by atoms with E-state index in [4.69, 9.17) is 5.73 Å². The van der Waals surface area contributed by atoms with E-state index >= 15 is 0 Å². The number of nitrogens with two attached hydrogens (primary N) is 1. The van der Waals surface area contributed by atoms with Gasteiger partial charge in [0.25, 0.3) is 0 Å². The van der Waals surface area contributed by atoms with E-state index in [1.807, 2.05) is 0 Å². The van der Waals surface area contributed by atoms with Gasteiger partial charge in [0.15, 0.2) is 0 Å². The molecular weight excluding hydrogens is 258 g/mol. The van der Waals surface area contributed by atoms with Crippen LogP contribution in [0.3, 0.4) is 0 Å². The minimum atomic E-state index is -5.16. The summed E-state index contributed by atoms with van der Waals surface area (Å²) in [5.41, 5.74) is 3.26. The molecule has 0 saturated carbocycles. The summed E-state index contributed by atoms with van der Waals surface area (Å²) < 4.78 is 68.4. The number of rotatable bonds is 1. The van der Waals surface area contributed by atoms with Gasteiger partial charge >= 0.3 is 35.7 Å². The molecule has 0 aliphatic carbocycles. The van der Waals surface area contributed by atoms with E-state index in [0.717, 1.165) is 6.07 Å². The number of hydrogen-bond acceptors (Lipinski definition) is 4. The van der Waals surface area contributed by atoms with Crippen LogP contribution in [0.4, 0.5) is 18.9 Å². The summed E-state index contributed by atoms with van der Waals surface area (Å²) in [5.74, 6) is 0. The van der Waals surface area contributed by atoms with Crippen LogP contribution in [-0.4, -0.2) is 13.0 Å². The predicted octanol–water partition coefficient (Wildman–Crippen LogP) is -1.80. The molecule has 0 bridgehead atoms. The van der Waals surface area contributed by atoms with E-state index < -0.39 is 26.8 Å².